The van der Waals surface area contributed by atoms with Crippen LogP contribution >= 0.6 is 0 Å². The molecule has 0 amide bonds. The molecule has 0 radical (unpaired) electrons. The predicted octanol–water partition coefficient (Wildman–Crippen LogP) is 4.11. The molecule has 1 N–H and O–H groups in total. The average molecular weight is 257 g/mol. The Balaban J connectivity index is 1.95. The second-order valence-electron chi connectivity index (χ2n) is 5.00. The lowest BCUT2D eigenvalue weighted by Gasteiger charge is -2.20. The zero-order chi connectivity index (χ0) is 13.7. The monoisotopic (exact) mass is 257 g/mol. The number of nitrogens with one attached hydrogen (secondary N) is 1. The second kappa shape index (κ2) is 6.48. The van der Waals surface area contributed by atoms with Crippen LogP contribution in [0.15, 0.2) is 54.6 Å². The van der Waals surface area contributed by atoms with Crippen LogP contribution in [-0.4, -0.2) is 6.04 Å². The van der Waals surface area contributed by atoms with Gasteiger partial charge in [-0.15, -0.1) is 0 Å². The van der Waals surface area contributed by atoms with Crippen LogP contribution in [0.3, 0.4) is 0 Å². The van der Waals surface area contributed by atoms with Gasteiger partial charge < -0.3 is 5.32 Å². The van der Waals surface area contributed by atoms with Crippen molar-refractivity contribution in [3.8, 4) is 0 Å². The molecule has 0 saturated heterocycles. The van der Waals surface area contributed by atoms with Crippen molar-refractivity contribution in [2.75, 3.05) is 0 Å². The van der Waals surface area contributed by atoms with Crippen molar-refractivity contribution in [1.82, 2.24) is 5.32 Å². The molecule has 0 aliphatic carbocycles. The second-order valence-corrected chi connectivity index (χ2v) is 5.00. The van der Waals surface area contributed by atoms with E-state index in [2.05, 4.69) is 31.3 Å². The van der Waals surface area contributed by atoms with Gasteiger partial charge in [-0.2, -0.15) is 0 Å². The quantitative estimate of drug-likeness (QED) is 0.850. The number of hydrogen-bond donors (Lipinski definition) is 1. The highest BCUT2D eigenvalue weighted by Crippen LogP contribution is 2.14. The molecule has 2 heteroatoms. The topological polar surface area (TPSA) is 12.0 Å². The first-order chi connectivity index (χ1) is 9.16. The zero-order valence-corrected chi connectivity index (χ0v) is 11.4. The van der Waals surface area contributed by atoms with E-state index >= 15 is 0 Å². The molecular formula is C17H20FN. The largest absolute Gasteiger partial charge is 0.307 e. The summed E-state index contributed by atoms with van der Waals surface area (Å²) in [7, 11) is 0. The van der Waals surface area contributed by atoms with Gasteiger partial charge in [0, 0.05) is 12.1 Å². The molecule has 0 heterocycles. The van der Waals surface area contributed by atoms with Gasteiger partial charge in [0.1, 0.15) is 5.82 Å². The lowest BCUT2D eigenvalue weighted by Crippen LogP contribution is -2.30. The van der Waals surface area contributed by atoms with Gasteiger partial charge in [0.2, 0.25) is 0 Å². The summed E-state index contributed by atoms with van der Waals surface area (Å²) in [5.41, 5.74) is 2.02. The Labute approximate surface area is 114 Å². The summed E-state index contributed by atoms with van der Waals surface area (Å²) < 4.78 is 13.6. The molecule has 0 fully saturated rings. The molecule has 19 heavy (non-hydrogen) atoms. The highest BCUT2D eigenvalue weighted by molar-refractivity contribution is 5.20. The van der Waals surface area contributed by atoms with Gasteiger partial charge in [0.05, 0.1) is 0 Å². The summed E-state index contributed by atoms with van der Waals surface area (Å²) in [6, 6.07) is 17.8. The average Bonchev–Trinajstić information content (AvgIpc) is 2.42. The first kappa shape index (κ1) is 13.8. The first-order valence-corrected chi connectivity index (χ1v) is 6.71. The van der Waals surface area contributed by atoms with Gasteiger partial charge in [-0.1, -0.05) is 48.5 Å². The van der Waals surface area contributed by atoms with Crippen LogP contribution < -0.4 is 5.32 Å². The predicted molar refractivity (Wildman–Crippen MR) is 77.6 cm³/mol. The molecular weight excluding hydrogens is 237 g/mol. The fourth-order valence-electron chi connectivity index (χ4n) is 2.32. The standard InChI is InChI=1S/C17H20FN/c1-13(12-16-10-6-7-11-17(16)18)19-14(2)15-8-4-3-5-9-15/h3-11,13-14,19H,12H2,1-2H3/t13?,14-/m1/s1. The van der Waals surface area contributed by atoms with Crippen molar-refractivity contribution >= 4 is 0 Å². The van der Waals surface area contributed by atoms with Crippen molar-refractivity contribution in [2.45, 2.75) is 32.4 Å². The van der Waals surface area contributed by atoms with E-state index in [-0.39, 0.29) is 17.9 Å². The minimum Gasteiger partial charge on any atom is -0.307 e. The maximum absolute atomic E-state index is 13.6. The van der Waals surface area contributed by atoms with Crippen molar-refractivity contribution in [3.63, 3.8) is 0 Å². The maximum Gasteiger partial charge on any atom is 0.126 e. The summed E-state index contributed by atoms with van der Waals surface area (Å²) in [6.07, 6.45) is 0.698. The molecule has 2 rings (SSSR count). The summed E-state index contributed by atoms with van der Waals surface area (Å²) in [6.45, 7) is 4.22. The number of rotatable bonds is 5. The van der Waals surface area contributed by atoms with Gasteiger partial charge in [-0.05, 0) is 37.5 Å². The van der Waals surface area contributed by atoms with E-state index in [0.29, 0.717) is 6.42 Å². The van der Waals surface area contributed by atoms with Gasteiger partial charge in [-0.3, -0.25) is 0 Å². The summed E-state index contributed by atoms with van der Waals surface area (Å²) >= 11 is 0. The zero-order valence-electron chi connectivity index (χ0n) is 11.4. The van der Waals surface area contributed by atoms with Crippen molar-refractivity contribution in [2.24, 2.45) is 0 Å². The van der Waals surface area contributed by atoms with Crippen LogP contribution in [0.4, 0.5) is 4.39 Å². The van der Waals surface area contributed by atoms with Crippen LogP contribution in [0.25, 0.3) is 0 Å². The molecule has 2 aromatic rings. The molecule has 0 spiro atoms. The Morgan fingerprint density at radius 3 is 2.26 bits per heavy atom. The van der Waals surface area contributed by atoms with Gasteiger partial charge in [-0.25, -0.2) is 4.39 Å². The van der Waals surface area contributed by atoms with Crippen LogP contribution in [0, 0.1) is 5.82 Å². The molecule has 0 aliphatic heterocycles. The maximum atomic E-state index is 13.6. The molecule has 0 bridgehead atoms. The van der Waals surface area contributed by atoms with E-state index in [1.165, 1.54) is 11.6 Å². The molecule has 100 valence electrons. The van der Waals surface area contributed by atoms with Crippen LogP contribution in [0.1, 0.15) is 31.0 Å². The minimum absolute atomic E-state index is 0.122. The third kappa shape index (κ3) is 3.90. The number of benzene rings is 2. The Kier molecular flexibility index (Phi) is 4.69. The fourth-order valence-corrected chi connectivity index (χ4v) is 2.32. The van der Waals surface area contributed by atoms with E-state index in [0.717, 1.165) is 5.56 Å². The van der Waals surface area contributed by atoms with Gasteiger partial charge >= 0.3 is 0 Å². The van der Waals surface area contributed by atoms with Gasteiger partial charge in [0.25, 0.3) is 0 Å². The van der Waals surface area contributed by atoms with Gasteiger partial charge in [0.15, 0.2) is 0 Å². The third-order valence-electron chi connectivity index (χ3n) is 3.32. The highest BCUT2D eigenvalue weighted by atomic mass is 19.1. The van der Waals surface area contributed by atoms with Crippen LogP contribution in [0.2, 0.25) is 0 Å². The smallest absolute Gasteiger partial charge is 0.126 e. The van der Waals surface area contributed by atoms with Crippen molar-refractivity contribution in [3.05, 3.63) is 71.5 Å². The Hall–Kier alpha value is -1.67. The molecule has 2 aromatic carbocycles. The normalized spacial score (nSPS) is 14.1. The lowest BCUT2D eigenvalue weighted by molar-refractivity contribution is 0.469. The summed E-state index contributed by atoms with van der Waals surface area (Å²) in [5.74, 6) is -0.122. The van der Waals surface area contributed by atoms with Crippen molar-refractivity contribution < 1.29 is 4.39 Å². The molecule has 1 unspecified atom stereocenters. The molecule has 0 aliphatic rings. The van der Waals surface area contributed by atoms with E-state index in [4.69, 9.17) is 0 Å². The Morgan fingerprint density at radius 2 is 1.58 bits per heavy atom. The number of hydrogen-bond acceptors (Lipinski definition) is 1. The molecule has 0 saturated carbocycles. The first-order valence-electron chi connectivity index (χ1n) is 6.71. The Bertz CT molecular complexity index is 510. The SMILES string of the molecule is CC(Cc1ccccc1F)N[C@H](C)c1ccccc1. The third-order valence-corrected chi connectivity index (χ3v) is 3.32. The number of halogens is 1. The fraction of sp³-hybridized carbons (Fsp3) is 0.294. The molecule has 1 nitrogen and oxygen atoms in total. The van der Waals surface area contributed by atoms with Crippen LogP contribution in [-0.2, 0) is 6.42 Å². The van der Waals surface area contributed by atoms with E-state index in [9.17, 15) is 4.39 Å². The van der Waals surface area contributed by atoms with E-state index in [1.807, 2.05) is 30.3 Å². The molecule has 0 aromatic heterocycles. The Morgan fingerprint density at radius 1 is 0.947 bits per heavy atom. The van der Waals surface area contributed by atoms with Crippen LogP contribution in [0.5, 0.6) is 0 Å². The molecule has 2 atom stereocenters. The summed E-state index contributed by atoms with van der Waals surface area (Å²) in [5, 5.41) is 3.51. The van der Waals surface area contributed by atoms with E-state index in [1.54, 1.807) is 6.07 Å². The summed E-state index contributed by atoms with van der Waals surface area (Å²) in [4.78, 5) is 0. The van der Waals surface area contributed by atoms with Crippen molar-refractivity contribution in [1.29, 1.82) is 0 Å². The van der Waals surface area contributed by atoms with E-state index < -0.39 is 0 Å². The minimum atomic E-state index is -0.122. The lowest BCUT2D eigenvalue weighted by atomic mass is 10.0. The highest BCUT2D eigenvalue weighted by Gasteiger charge is 2.11.